The van der Waals surface area contributed by atoms with Gasteiger partial charge in [-0.25, -0.2) is 25.3 Å². The second kappa shape index (κ2) is 5.65. The Morgan fingerprint density at radius 1 is 0.955 bits per heavy atom. The molecule has 0 radical (unpaired) electrons. The normalized spacial score (nSPS) is 13.2. The molecule has 0 atom stereocenters. The van der Waals surface area contributed by atoms with Gasteiger partial charge in [0.1, 0.15) is 0 Å². The first-order chi connectivity index (χ1) is 9.72. The summed E-state index contributed by atoms with van der Waals surface area (Å²) in [7, 11) is -13.5. The second-order valence-electron chi connectivity index (χ2n) is 4.63. The molecule has 0 unspecified atom stereocenters. The van der Waals surface area contributed by atoms with Crippen molar-refractivity contribution < 1.29 is 25.3 Å². The van der Waals surface area contributed by atoms with Gasteiger partial charge in [0.2, 0.25) is 0 Å². The van der Waals surface area contributed by atoms with E-state index in [-0.39, 0.29) is 11.3 Å². The lowest BCUT2D eigenvalue weighted by molar-refractivity contribution is 0.606. The van der Waals surface area contributed by atoms with Gasteiger partial charge in [-0.2, -0.15) is 0 Å². The van der Waals surface area contributed by atoms with Crippen LogP contribution in [-0.4, -0.2) is 54.5 Å². The summed E-state index contributed by atoms with van der Waals surface area (Å²) < 4.78 is 72.0. The Bertz CT molecular complexity index is 892. The van der Waals surface area contributed by atoms with E-state index in [0.29, 0.717) is 18.8 Å². The van der Waals surface area contributed by atoms with Gasteiger partial charge in [-0.1, -0.05) is 11.5 Å². The van der Waals surface area contributed by atoms with Gasteiger partial charge in [-0.15, -0.1) is 0 Å². The zero-order valence-electron chi connectivity index (χ0n) is 11.9. The molecule has 122 valence electrons. The van der Waals surface area contributed by atoms with Crippen molar-refractivity contribution in [1.82, 2.24) is 4.98 Å². The average Bonchev–Trinajstić information content (AvgIpc) is 2.23. The van der Waals surface area contributed by atoms with Gasteiger partial charge < -0.3 is 5.73 Å². The Morgan fingerprint density at radius 2 is 1.41 bits per heavy atom. The van der Waals surface area contributed by atoms with Gasteiger partial charge in [-0.05, 0) is 6.07 Å². The molecule has 0 aliphatic heterocycles. The number of rotatable bonds is 3. The van der Waals surface area contributed by atoms with Crippen molar-refractivity contribution in [3.05, 3.63) is 24.0 Å². The molecule has 0 amide bonds. The van der Waals surface area contributed by atoms with E-state index in [1.165, 1.54) is 18.5 Å². The highest BCUT2D eigenvalue weighted by Gasteiger charge is 2.64. The number of pyridine rings is 1. The molecule has 22 heavy (non-hydrogen) atoms. The summed E-state index contributed by atoms with van der Waals surface area (Å²) in [5.41, 5.74) is 2.73. The summed E-state index contributed by atoms with van der Waals surface area (Å²) in [6, 6.07) is 1.33. The first-order valence-electron chi connectivity index (χ1n) is 5.55. The highest BCUT2D eigenvalue weighted by molar-refractivity contribution is 8.74. The summed E-state index contributed by atoms with van der Waals surface area (Å²) in [5.74, 6) is 2.28. The fourth-order valence-electron chi connectivity index (χ4n) is 1.78. The Morgan fingerprint density at radius 3 is 1.77 bits per heavy atom. The van der Waals surface area contributed by atoms with E-state index in [1.807, 2.05) is 5.54 Å². The molecule has 12 heteroatoms. The molecule has 0 saturated heterocycles. The van der Waals surface area contributed by atoms with Crippen LogP contribution in [0, 0.1) is 11.5 Å². The third kappa shape index (κ3) is 3.32. The van der Waals surface area contributed by atoms with Crippen molar-refractivity contribution in [2.75, 3.05) is 24.5 Å². The first-order valence-corrected chi connectivity index (χ1v) is 15.4. The highest BCUT2D eigenvalue weighted by Crippen LogP contribution is 2.24. The zero-order valence-corrected chi connectivity index (χ0v) is 15.4. The fourth-order valence-corrected chi connectivity index (χ4v) is 26.2. The molecule has 1 rings (SSSR count). The van der Waals surface area contributed by atoms with Crippen molar-refractivity contribution in [1.29, 1.82) is 0 Å². The van der Waals surface area contributed by atoms with Gasteiger partial charge in [0.05, 0.1) is 5.69 Å². The van der Waals surface area contributed by atoms with Crippen molar-refractivity contribution in [2.24, 2.45) is 0 Å². The third-order valence-electron chi connectivity index (χ3n) is 2.58. The quantitative estimate of drug-likeness (QED) is 0.498. The number of nitrogens with zero attached hydrogens (tertiary/aromatic N) is 1. The van der Waals surface area contributed by atoms with E-state index in [9.17, 15) is 25.3 Å². The van der Waals surface area contributed by atoms with E-state index < -0.39 is 33.4 Å². The number of anilines is 1. The minimum absolute atomic E-state index is 0.118. The third-order valence-corrected chi connectivity index (χ3v) is 32.0. The van der Waals surface area contributed by atoms with Crippen LogP contribution in [0.3, 0.4) is 0 Å². The van der Waals surface area contributed by atoms with Crippen molar-refractivity contribution >= 4 is 39.1 Å². The van der Waals surface area contributed by atoms with Crippen molar-refractivity contribution in [2.45, 2.75) is 0 Å². The van der Waals surface area contributed by atoms with Crippen LogP contribution in [0.25, 0.3) is 0 Å². The van der Waals surface area contributed by atoms with Gasteiger partial charge in [0.25, 0.3) is 0 Å². The summed E-state index contributed by atoms with van der Waals surface area (Å²) in [5, 5.41) is 0. The van der Waals surface area contributed by atoms with Crippen LogP contribution >= 0.6 is 0 Å². The van der Waals surface area contributed by atoms with Crippen LogP contribution in [-0.2, 0) is 27.9 Å². The minimum Gasteiger partial charge on any atom is -0.397 e. The van der Waals surface area contributed by atoms with Gasteiger partial charge in [0, 0.05) is 36.7 Å². The van der Waals surface area contributed by atoms with Crippen LogP contribution in [0.2, 0.25) is 0 Å². The summed E-state index contributed by atoms with van der Waals surface area (Å²) in [4.78, 5) is 3.71. The van der Waals surface area contributed by atoms with Crippen LogP contribution in [0.5, 0.6) is 0 Å². The fraction of sp³-hybridized carbons (Fsp3) is 0.300. The summed E-state index contributed by atoms with van der Waals surface area (Å²) in [6.07, 6.45) is 4.21. The van der Waals surface area contributed by atoms with Crippen LogP contribution in [0.15, 0.2) is 18.5 Å². The first kappa shape index (κ1) is 18.6. The number of aromatic nitrogens is 1. The minimum atomic E-state index is -5.11. The monoisotopic (exact) mass is 382 g/mol. The Balaban J connectivity index is 3.85. The predicted octanol–water partition coefficient (Wildman–Crippen LogP) is -1.37. The Kier molecular flexibility index (Phi) is 4.78. The predicted molar refractivity (Wildman–Crippen MR) is 85.8 cm³/mol. The molecule has 8 nitrogen and oxygen atoms in total. The molecule has 0 aliphatic carbocycles. The Hall–Kier alpha value is -1.42. The maximum Gasteiger partial charge on any atom is 0.522 e. The van der Waals surface area contributed by atoms with Crippen LogP contribution in [0.4, 0.5) is 5.69 Å². The molecular weight excluding hydrogens is 368 g/mol. The van der Waals surface area contributed by atoms with Gasteiger partial charge in [-0.3, -0.25) is 4.98 Å². The van der Waals surface area contributed by atoms with Gasteiger partial charge in [0.15, 0.2) is 27.9 Å². The molecule has 1 heterocycles. The lowest BCUT2D eigenvalue weighted by Crippen LogP contribution is -2.57. The van der Waals surface area contributed by atoms with Gasteiger partial charge >= 0.3 is 5.52 Å². The van der Waals surface area contributed by atoms with E-state index in [2.05, 4.69) is 10.9 Å². The molecule has 0 aliphatic rings. The second-order valence-corrected chi connectivity index (χ2v) is 25.1. The Labute approximate surface area is 129 Å². The van der Waals surface area contributed by atoms with E-state index in [0.717, 1.165) is 0 Å². The number of hydrogen-bond acceptors (Lipinski definition) is 8. The van der Waals surface area contributed by atoms with Crippen molar-refractivity contribution in [3.8, 4) is 11.5 Å². The number of nitrogens with two attached hydrogens (primary N) is 1. The lowest BCUT2D eigenvalue weighted by atomic mass is 10.3. The average molecular weight is 383 g/mol. The van der Waals surface area contributed by atoms with E-state index in [4.69, 9.17) is 5.73 Å². The maximum atomic E-state index is 12.0. The number of hydrogen-bond donors (Lipinski definition) is 1. The van der Waals surface area contributed by atoms with Crippen LogP contribution < -0.4 is 5.73 Å². The van der Waals surface area contributed by atoms with E-state index >= 15 is 0 Å². The molecule has 0 bridgehead atoms. The molecular formula is C10H14N2O6S3Si. The molecule has 2 N–H and O–H groups in total. The molecule has 0 saturated carbocycles. The topological polar surface area (TPSA) is 141 Å². The molecule has 1 aromatic rings. The molecule has 0 spiro atoms. The standard InChI is InChI=1S/C10H14N2O6S3Si/c1-19(13,14)22(20(2,15)16,21(3,17)18)5-4-9-6-10(11)8-12-7-9/h6-8H,11H2,1-3H3. The summed E-state index contributed by atoms with van der Waals surface area (Å²) >= 11 is 0. The molecule has 0 aromatic carbocycles. The summed E-state index contributed by atoms with van der Waals surface area (Å²) in [6.45, 7) is 0. The maximum absolute atomic E-state index is 12.0. The van der Waals surface area contributed by atoms with Crippen molar-refractivity contribution in [3.63, 3.8) is 0 Å². The van der Waals surface area contributed by atoms with E-state index in [1.54, 1.807) is 0 Å². The molecule has 0 fully saturated rings. The zero-order chi connectivity index (χ0) is 17.4. The SMILES string of the molecule is CS(=O)(=O)[Si](C#Cc1cncc(N)c1)(S(C)(=O)=O)S(C)(=O)=O. The lowest BCUT2D eigenvalue weighted by Gasteiger charge is -2.18. The smallest absolute Gasteiger partial charge is 0.397 e. The highest BCUT2D eigenvalue weighted by atomic mass is 32.8. The molecule has 1 aromatic heterocycles. The number of nitrogen functional groups attached to an aromatic ring is 1. The largest absolute Gasteiger partial charge is 0.522 e. The van der Waals surface area contributed by atoms with Crippen LogP contribution in [0.1, 0.15) is 5.56 Å².